The molecule has 0 saturated carbocycles. The van der Waals surface area contributed by atoms with Gasteiger partial charge in [0, 0.05) is 10.5 Å². The highest BCUT2D eigenvalue weighted by molar-refractivity contribution is 5.87. The number of hydrogen-bond donors (Lipinski definition) is 1. The second-order valence-corrected chi connectivity index (χ2v) is 2.57. The standard InChI is InChI=1S/C10H7N3O2/c11-13-12-7-1-2-8-3-5-9(6-4-8)10(14)15/h3-6H,7H2,(H,14,15). The molecule has 0 amide bonds. The second-order valence-electron chi connectivity index (χ2n) is 2.57. The van der Waals surface area contributed by atoms with E-state index in [4.69, 9.17) is 10.6 Å². The number of carbonyl (C=O) groups is 1. The Morgan fingerprint density at radius 2 is 2.13 bits per heavy atom. The van der Waals surface area contributed by atoms with Crippen molar-refractivity contribution in [1.82, 2.24) is 0 Å². The normalized spacial score (nSPS) is 8.27. The van der Waals surface area contributed by atoms with Crippen LogP contribution in [0, 0.1) is 11.8 Å². The van der Waals surface area contributed by atoms with E-state index in [-0.39, 0.29) is 12.1 Å². The van der Waals surface area contributed by atoms with Gasteiger partial charge in [-0.1, -0.05) is 17.0 Å². The van der Waals surface area contributed by atoms with Crippen LogP contribution in [-0.2, 0) is 0 Å². The second kappa shape index (κ2) is 5.32. The zero-order valence-corrected chi connectivity index (χ0v) is 7.71. The Hall–Kier alpha value is -2.44. The van der Waals surface area contributed by atoms with E-state index in [0.29, 0.717) is 5.56 Å². The quantitative estimate of drug-likeness (QED) is 0.343. The van der Waals surface area contributed by atoms with Gasteiger partial charge in [-0.05, 0) is 29.8 Å². The molecule has 1 aromatic carbocycles. The maximum Gasteiger partial charge on any atom is 0.335 e. The third kappa shape index (κ3) is 3.43. The van der Waals surface area contributed by atoms with Gasteiger partial charge in [0.25, 0.3) is 0 Å². The lowest BCUT2D eigenvalue weighted by Crippen LogP contribution is -1.94. The van der Waals surface area contributed by atoms with E-state index in [1.165, 1.54) is 12.1 Å². The fourth-order valence-electron chi connectivity index (χ4n) is 0.905. The summed E-state index contributed by atoms with van der Waals surface area (Å²) in [6.45, 7) is 0.108. The van der Waals surface area contributed by atoms with Crippen LogP contribution in [0.2, 0.25) is 0 Å². The van der Waals surface area contributed by atoms with Gasteiger partial charge >= 0.3 is 5.97 Å². The zero-order valence-electron chi connectivity index (χ0n) is 7.71. The number of carboxylic acid groups (broad SMARTS) is 1. The lowest BCUT2D eigenvalue weighted by molar-refractivity contribution is 0.0697. The molecule has 0 aliphatic heterocycles. The molecule has 0 atom stereocenters. The van der Waals surface area contributed by atoms with Crippen LogP contribution in [0.4, 0.5) is 0 Å². The monoisotopic (exact) mass is 201 g/mol. The van der Waals surface area contributed by atoms with Crippen molar-refractivity contribution < 1.29 is 9.90 Å². The Balaban J connectivity index is 2.75. The fraction of sp³-hybridized carbons (Fsp3) is 0.100. The number of aromatic carboxylic acids is 1. The summed E-state index contributed by atoms with van der Waals surface area (Å²) in [6.07, 6.45) is 0. The number of benzene rings is 1. The molecule has 0 heterocycles. The minimum atomic E-state index is -0.969. The van der Waals surface area contributed by atoms with E-state index in [1.807, 2.05) is 0 Å². The summed E-state index contributed by atoms with van der Waals surface area (Å²) in [6, 6.07) is 6.15. The van der Waals surface area contributed by atoms with Crippen molar-refractivity contribution in [2.24, 2.45) is 5.11 Å². The van der Waals surface area contributed by atoms with Crippen LogP contribution in [-0.4, -0.2) is 17.6 Å². The van der Waals surface area contributed by atoms with Crippen LogP contribution >= 0.6 is 0 Å². The predicted molar refractivity (Wildman–Crippen MR) is 54.3 cm³/mol. The molecule has 0 bridgehead atoms. The van der Waals surface area contributed by atoms with Crippen molar-refractivity contribution >= 4 is 5.97 Å². The molecule has 0 unspecified atom stereocenters. The Kier molecular flexibility index (Phi) is 3.78. The van der Waals surface area contributed by atoms with E-state index in [2.05, 4.69) is 21.9 Å². The van der Waals surface area contributed by atoms with Gasteiger partial charge in [0.1, 0.15) is 0 Å². The van der Waals surface area contributed by atoms with E-state index < -0.39 is 5.97 Å². The van der Waals surface area contributed by atoms with E-state index >= 15 is 0 Å². The van der Waals surface area contributed by atoms with Crippen LogP contribution < -0.4 is 0 Å². The predicted octanol–water partition coefficient (Wildman–Crippen LogP) is 2.05. The smallest absolute Gasteiger partial charge is 0.335 e. The molecule has 1 rings (SSSR count). The lowest BCUT2D eigenvalue weighted by Gasteiger charge is -1.93. The molecular weight excluding hydrogens is 194 g/mol. The molecule has 0 aliphatic rings. The number of nitrogens with zero attached hydrogens (tertiary/aromatic N) is 3. The first-order chi connectivity index (χ1) is 7.24. The number of carboxylic acids is 1. The summed E-state index contributed by atoms with van der Waals surface area (Å²) in [7, 11) is 0. The van der Waals surface area contributed by atoms with Crippen LogP contribution in [0.25, 0.3) is 10.4 Å². The van der Waals surface area contributed by atoms with Gasteiger partial charge in [-0.2, -0.15) is 0 Å². The van der Waals surface area contributed by atoms with Gasteiger partial charge in [0.15, 0.2) is 0 Å². The summed E-state index contributed by atoms with van der Waals surface area (Å²) < 4.78 is 0. The van der Waals surface area contributed by atoms with Gasteiger partial charge in [-0.15, -0.1) is 0 Å². The van der Waals surface area contributed by atoms with Crippen molar-refractivity contribution in [2.75, 3.05) is 6.54 Å². The summed E-state index contributed by atoms with van der Waals surface area (Å²) in [5, 5.41) is 11.9. The average Bonchev–Trinajstić information content (AvgIpc) is 2.25. The summed E-state index contributed by atoms with van der Waals surface area (Å²) >= 11 is 0. The average molecular weight is 201 g/mol. The Bertz CT molecular complexity index is 462. The van der Waals surface area contributed by atoms with Crippen molar-refractivity contribution in [3.05, 3.63) is 45.8 Å². The molecule has 0 fully saturated rings. The molecule has 0 aromatic heterocycles. The van der Waals surface area contributed by atoms with Gasteiger partial charge in [0.05, 0.1) is 12.1 Å². The lowest BCUT2D eigenvalue weighted by atomic mass is 10.1. The minimum Gasteiger partial charge on any atom is -0.478 e. The van der Waals surface area contributed by atoms with Crippen molar-refractivity contribution in [2.45, 2.75) is 0 Å². The summed E-state index contributed by atoms with van der Waals surface area (Å²) in [5.41, 5.74) is 8.89. The molecular formula is C10H7N3O2. The highest BCUT2D eigenvalue weighted by Gasteiger charge is 1.99. The number of azide groups is 1. The third-order valence-corrected chi connectivity index (χ3v) is 1.58. The first-order valence-electron chi connectivity index (χ1n) is 4.07. The molecule has 0 saturated heterocycles. The largest absolute Gasteiger partial charge is 0.478 e. The van der Waals surface area contributed by atoms with Crippen LogP contribution in [0.1, 0.15) is 15.9 Å². The highest BCUT2D eigenvalue weighted by atomic mass is 16.4. The number of hydrogen-bond acceptors (Lipinski definition) is 2. The van der Waals surface area contributed by atoms with E-state index in [0.717, 1.165) is 0 Å². The van der Waals surface area contributed by atoms with Gasteiger partial charge in [-0.25, -0.2) is 4.79 Å². The highest BCUT2D eigenvalue weighted by Crippen LogP contribution is 2.02. The molecule has 1 N–H and O–H groups in total. The number of rotatable bonds is 2. The molecule has 5 heteroatoms. The maximum atomic E-state index is 10.5. The molecule has 0 spiro atoms. The topological polar surface area (TPSA) is 86.1 Å². The molecule has 1 aromatic rings. The zero-order chi connectivity index (χ0) is 11.1. The van der Waals surface area contributed by atoms with Gasteiger partial charge in [0.2, 0.25) is 0 Å². The van der Waals surface area contributed by atoms with Crippen molar-refractivity contribution in [1.29, 1.82) is 0 Å². The minimum absolute atomic E-state index is 0.108. The maximum absolute atomic E-state index is 10.5. The van der Waals surface area contributed by atoms with Crippen LogP contribution in [0.15, 0.2) is 29.4 Å². The van der Waals surface area contributed by atoms with Crippen molar-refractivity contribution in [3.8, 4) is 11.8 Å². The molecule has 15 heavy (non-hydrogen) atoms. The SMILES string of the molecule is [N-]=[N+]=NCC#Cc1ccc(C(=O)O)cc1. The Morgan fingerprint density at radius 1 is 1.47 bits per heavy atom. The van der Waals surface area contributed by atoms with Gasteiger partial charge < -0.3 is 5.11 Å². The third-order valence-electron chi connectivity index (χ3n) is 1.58. The molecule has 5 nitrogen and oxygen atoms in total. The van der Waals surface area contributed by atoms with Gasteiger partial charge in [-0.3, -0.25) is 0 Å². The van der Waals surface area contributed by atoms with Crippen LogP contribution in [0.3, 0.4) is 0 Å². The van der Waals surface area contributed by atoms with Crippen LogP contribution in [0.5, 0.6) is 0 Å². The van der Waals surface area contributed by atoms with Crippen molar-refractivity contribution in [3.63, 3.8) is 0 Å². The molecule has 0 radical (unpaired) electrons. The van der Waals surface area contributed by atoms with E-state index in [1.54, 1.807) is 12.1 Å². The molecule has 0 aliphatic carbocycles. The first-order valence-corrected chi connectivity index (χ1v) is 4.07. The Morgan fingerprint density at radius 3 is 2.67 bits per heavy atom. The summed E-state index contributed by atoms with van der Waals surface area (Å²) in [4.78, 5) is 13.1. The van der Waals surface area contributed by atoms with E-state index in [9.17, 15) is 4.79 Å². The molecule has 74 valence electrons. The fourth-order valence-corrected chi connectivity index (χ4v) is 0.905. The Labute approximate surface area is 86.0 Å². The first kappa shape index (κ1) is 10.6. The summed E-state index contributed by atoms with van der Waals surface area (Å²) in [5.74, 6) is 4.40.